The van der Waals surface area contributed by atoms with Crippen LogP contribution < -0.4 is 4.74 Å². The molecule has 1 nitrogen and oxygen atoms in total. The lowest BCUT2D eigenvalue weighted by atomic mass is 10.1. The topological polar surface area (TPSA) is 9.23 Å². The third kappa shape index (κ3) is 2.61. The highest BCUT2D eigenvalue weighted by atomic mass is 35.5. The van der Waals surface area contributed by atoms with Crippen LogP contribution in [0.4, 0.5) is 4.39 Å². The van der Waals surface area contributed by atoms with E-state index < -0.39 is 0 Å². The Hall–Kier alpha value is -2.06. The molecule has 0 bridgehead atoms. The fourth-order valence-electron chi connectivity index (χ4n) is 2.11. The molecule has 20 heavy (non-hydrogen) atoms. The minimum atomic E-state index is -0.268. The number of ether oxygens (including phenoxy) is 1. The molecule has 0 spiro atoms. The first-order valence-corrected chi connectivity index (χ1v) is 6.66. The van der Waals surface area contributed by atoms with Crippen molar-refractivity contribution in [3.8, 4) is 5.75 Å². The maximum atomic E-state index is 13.1. The molecule has 0 aromatic heterocycles. The van der Waals surface area contributed by atoms with Gasteiger partial charge in [-0.2, -0.15) is 0 Å². The Labute approximate surface area is 121 Å². The molecular weight excluding hydrogens is 275 g/mol. The van der Waals surface area contributed by atoms with Gasteiger partial charge in [-0.3, -0.25) is 0 Å². The van der Waals surface area contributed by atoms with Crippen molar-refractivity contribution in [1.29, 1.82) is 0 Å². The minimum absolute atomic E-state index is 0.268. The van der Waals surface area contributed by atoms with Gasteiger partial charge in [-0.15, -0.1) is 0 Å². The van der Waals surface area contributed by atoms with E-state index in [1.54, 1.807) is 6.07 Å². The van der Waals surface area contributed by atoms with Crippen molar-refractivity contribution in [3.63, 3.8) is 0 Å². The van der Waals surface area contributed by atoms with Crippen molar-refractivity contribution in [2.75, 3.05) is 0 Å². The van der Waals surface area contributed by atoms with Gasteiger partial charge in [0.05, 0.1) is 5.02 Å². The van der Waals surface area contributed by atoms with Crippen molar-refractivity contribution >= 4 is 22.4 Å². The standard InChI is InChI=1S/C17H12ClFO/c18-17-15-7-2-1-5-13(15)8-9-16(17)20-11-12-4-3-6-14(19)10-12/h1-10H,11H2. The number of benzene rings is 3. The Morgan fingerprint density at radius 3 is 2.65 bits per heavy atom. The SMILES string of the molecule is Fc1cccc(COc2ccc3ccccc3c2Cl)c1. The maximum Gasteiger partial charge on any atom is 0.139 e. The van der Waals surface area contributed by atoms with Crippen LogP contribution >= 0.6 is 11.6 Å². The zero-order chi connectivity index (χ0) is 13.9. The van der Waals surface area contributed by atoms with Crippen molar-refractivity contribution in [2.24, 2.45) is 0 Å². The van der Waals surface area contributed by atoms with Crippen LogP contribution in [0.2, 0.25) is 5.02 Å². The van der Waals surface area contributed by atoms with Crippen LogP contribution in [0.25, 0.3) is 10.8 Å². The van der Waals surface area contributed by atoms with Crippen molar-refractivity contribution in [1.82, 2.24) is 0 Å². The summed E-state index contributed by atoms with van der Waals surface area (Å²) >= 11 is 6.34. The van der Waals surface area contributed by atoms with Gasteiger partial charge >= 0.3 is 0 Å². The van der Waals surface area contributed by atoms with Crippen LogP contribution in [-0.4, -0.2) is 0 Å². The first-order valence-electron chi connectivity index (χ1n) is 6.28. The Morgan fingerprint density at radius 1 is 0.950 bits per heavy atom. The van der Waals surface area contributed by atoms with E-state index in [2.05, 4.69) is 0 Å². The van der Waals surface area contributed by atoms with Gasteiger partial charge in [0.1, 0.15) is 18.2 Å². The summed E-state index contributed by atoms with van der Waals surface area (Å²) in [7, 11) is 0. The Balaban J connectivity index is 1.86. The molecule has 3 rings (SSSR count). The van der Waals surface area contributed by atoms with E-state index in [4.69, 9.17) is 16.3 Å². The minimum Gasteiger partial charge on any atom is -0.487 e. The number of rotatable bonds is 3. The second-order valence-corrected chi connectivity index (χ2v) is 4.90. The highest BCUT2D eigenvalue weighted by Gasteiger charge is 2.06. The highest BCUT2D eigenvalue weighted by Crippen LogP contribution is 2.33. The average Bonchev–Trinajstić information content (AvgIpc) is 2.47. The van der Waals surface area contributed by atoms with Gasteiger partial charge in [0.2, 0.25) is 0 Å². The molecule has 3 aromatic carbocycles. The molecule has 0 saturated heterocycles. The smallest absolute Gasteiger partial charge is 0.139 e. The molecule has 0 aliphatic heterocycles. The molecular formula is C17H12ClFO. The molecule has 0 atom stereocenters. The maximum absolute atomic E-state index is 13.1. The second kappa shape index (κ2) is 5.51. The molecule has 100 valence electrons. The van der Waals surface area contributed by atoms with E-state index in [-0.39, 0.29) is 12.4 Å². The molecule has 0 unspecified atom stereocenters. The molecule has 0 aliphatic carbocycles. The lowest BCUT2D eigenvalue weighted by Gasteiger charge is -2.10. The molecule has 3 heteroatoms. The summed E-state index contributed by atoms with van der Waals surface area (Å²) in [4.78, 5) is 0. The van der Waals surface area contributed by atoms with Gasteiger partial charge in [-0.1, -0.05) is 54.1 Å². The molecule has 0 radical (unpaired) electrons. The van der Waals surface area contributed by atoms with E-state index in [0.29, 0.717) is 10.8 Å². The van der Waals surface area contributed by atoms with Crippen LogP contribution in [0.5, 0.6) is 5.75 Å². The molecule has 0 N–H and O–H groups in total. The van der Waals surface area contributed by atoms with Gasteiger partial charge in [-0.25, -0.2) is 4.39 Å². The van der Waals surface area contributed by atoms with E-state index in [0.717, 1.165) is 16.3 Å². The summed E-state index contributed by atoms with van der Waals surface area (Å²) in [6, 6.07) is 18.0. The second-order valence-electron chi connectivity index (χ2n) is 4.52. The zero-order valence-electron chi connectivity index (χ0n) is 10.6. The third-order valence-corrected chi connectivity index (χ3v) is 3.50. The lowest BCUT2D eigenvalue weighted by molar-refractivity contribution is 0.306. The monoisotopic (exact) mass is 286 g/mol. The third-order valence-electron chi connectivity index (χ3n) is 3.11. The highest BCUT2D eigenvalue weighted by molar-refractivity contribution is 6.37. The van der Waals surface area contributed by atoms with Gasteiger partial charge < -0.3 is 4.74 Å². The number of hydrogen-bond acceptors (Lipinski definition) is 1. The van der Waals surface area contributed by atoms with Gasteiger partial charge in [0, 0.05) is 5.39 Å². The zero-order valence-corrected chi connectivity index (χ0v) is 11.4. The Bertz CT molecular complexity index is 755. The van der Waals surface area contributed by atoms with Crippen molar-refractivity contribution in [3.05, 3.63) is 77.1 Å². The largest absolute Gasteiger partial charge is 0.487 e. The van der Waals surface area contributed by atoms with Crippen molar-refractivity contribution < 1.29 is 9.13 Å². The summed E-state index contributed by atoms with van der Waals surface area (Å²) in [5.74, 6) is 0.338. The molecule has 0 heterocycles. The predicted molar refractivity (Wildman–Crippen MR) is 79.7 cm³/mol. The van der Waals surface area contributed by atoms with Crippen LogP contribution in [0.1, 0.15) is 5.56 Å². The molecule has 0 aliphatic rings. The predicted octanol–water partition coefficient (Wildman–Crippen LogP) is 5.21. The van der Waals surface area contributed by atoms with E-state index in [1.807, 2.05) is 42.5 Å². The normalized spacial score (nSPS) is 10.7. The van der Waals surface area contributed by atoms with E-state index in [1.165, 1.54) is 12.1 Å². The Kier molecular flexibility index (Phi) is 3.57. The average molecular weight is 287 g/mol. The van der Waals surface area contributed by atoms with Crippen LogP contribution in [0.15, 0.2) is 60.7 Å². The number of halogens is 2. The van der Waals surface area contributed by atoms with E-state index >= 15 is 0 Å². The van der Waals surface area contributed by atoms with Crippen molar-refractivity contribution in [2.45, 2.75) is 6.61 Å². The summed E-state index contributed by atoms with van der Waals surface area (Å²) in [6.45, 7) is 0.288. The van der Waals surface area contributed by atoms with Crippen LogP contribution in [-0.2, 0) is 6.61 Å². The van der Waals surface area contributed by atoms with Gasteiger partial charge in [0.25, 0.3) is 0 Å². The molecule has 0 fully saturated rings. The lowest BCUT2D eigenvalue weighted by Crippen LogP contribution is -1.96. The fraction of sp³-hybridized carbons (Fsp3) is 0.0588. The quantitative estimate of drug-likeness (QED) is 0.642. The Morgan fingerprint density at radius 2 is 1.80 bits per heavy atom. The van der Waals surface area contributed by atoms with Crippen LogP contribution in [0, 0.1) is 5.82 Å². The van der Waals surface area contributed by atoms with Gasteiger partial charge in [0.15, 0.2) is 0 Å². The number of fused-ring (bicyclic) bond motifs is 1. The molecule has 3 aromatic rings. The van der Waals surface area contributed by atoms with E-state index in [9.17, 15) is 4.39 Å². The molecule has 0 saturated carbocycles. The summed E-state index contributed by atoms with van der Waals surface area (Å²) in [5.41, 5.74) is 0.772. The first-order chi connectivity index (χ1) is 9.74. The molecule has 0 amide bonds. The number of hydrogen-bond donors (Lipinski definition) is 0. The summed E-state index contributed by atoms with van der Waals surface area (Å²) in [5, 5.41) is 2.60. The van der Waals surface area contributed by atoms with Crippen LogP contribution in [0.3, 0.4) is 0 Å². The first kappa shape index (κ1) is 12.9. The van der Waals surface area contributed by atoms with Gasteiger partial charge in [-0.05, 0) is 29.1 Å². The summed E-state index contributed by atoms with van der Waals surface area (Å²) < 4.78 is 18.8. The summed E-state index contributed by atoms with van der Waals surface area (Å²) in [6.07, 6.45) is 0. The fourth-order valence-corrected chi connectivity index (χ4v) is 2.40.